The number of unbranched alkanes of at least 4 members (excludes halogenated alkanes) is 1. The van der Waals surface area contributed by atoms with Gasteiger partial charge in [-0.05, 0) is 38.5 Å². The number of rotatable bonds is 11. The molecule has 2 rings (SSSR count). The summed E-state index contributed by atoms with van der Waals surface area (Å²) in [6, 6.07) is 0. The Kier molecular flexibility index (Phi) is 15.5. The fraction of sp³-hybridized carbons (Fsp3) is 0.950. The largest absolute Gasteiger partial charge is 0.379 e. The van der Waals surface area contributed by atoms with E-state index in [9.17, 15) is 0 Å². The molecule has 7 heteroatoms. The summed E-state index contributed by atoms with van der Waals surface area (Å²) in [6.07, 6.45) is 13.0. The Hall–Kier alpha value is -0.120. The molecule has 0 amide bonds. The zero-order valence-corrected chi connectivity index (χ0v) is 19.4. The topological polar surface area (TPSA) is 64.1 Å². The summed E-state index contributed by atoms with van der Waals surface area (Å²) >= 11 is 0. The van der Waals surface area contributed by atoms with Crippen molar-refractivity contribution in [3.63, 3.8) is 0 Å². The van der Waals surface area contributed by atoms with Gasteiger partial charge in [0.2, 0.25) is 0 Å². The van der Waals surface area contributed by atoms with E-state index in [0.717, 1.165) is 71.2 Å². The van der Waals surface area contributed by atoms with E-state index in [1.807, 2.05) is 7.05 Å². The van der Waals surface area contributed by atoms with Gasteiger partial charge in [-0.1, -0.05) is 25.7 Å². The molecular formula is C20H40IN3O3. The van der Waals surface area contributed by atoms with Gasteiger partial charge in [0.1, 0.15) is 0 Å². The number of ether oxygens (including phenoxy) is 3. The lowest BCUT2D eigenvalue weighted by Gasteiger charge is -2.16. The van der Waals surface area contributed by atoms with Gasteiger partial charge in [-0.3, -0.25) is 4.99 Å². The summed E-state index contributed by atoms with van der Waals surface area (Å²) in [5.41, 5.74) is 0. The normalized spacial score (nSPS) is 21.5. The minimum Gasteiger partial charge on any atom is -0.379 e. The Labute approximate surface area is 182 Å². The van der Waals surface area contributed by atoms with E-state index in [1.165, 1.54) is 38.5 Å². The molecule has 1 saturated carbocycles. The molecule has 0 aromatic heterocycles. The molecule has 1 saturated heterocycles. The van der Waals surface area contributed by atoms with E-state index in [2.05, 4.69) is 15.6 Å². The molecule has 1 atom stereocenters. The molecule has 2 fully saturated rings. The zero-order chi connectivity index (χ0) is 18.3. The van der Waals surface area contributed by atoms with Gasteiger partial charge in [0.15, 0.2) is 5.96 Å². The van der Waals surface area contributed by atoms with Crippen LogP contribution in [-0.4, -0.2) is 64.7 Å². The second-order valence-corrected chi connectivity index (χ2v) is 7.33. The van der Waals surface area contributed by atoms with E-state index in [0.29, 0.717) is 12.2 Å². The van der Waals surface area contributed by atoms with Gasteiger partial charge in [-0.25, -0.2) is 0 Å². The van der Waals surface area contributed by atoms with Crippen molar-refractivity contribution in [1.82, 2.24) is 10.6 Å². The number of hydrogen-bond acceptors (Lipinski definition) is 4. The third-order valence-corrected chi connectivity index (χ3v) is 5.10. The zero-order valence-electron chi connectivity index (χ0n) is 17.0. The molecule has 1 unspecified atom stereocenters. The van der Waals surface area contributed by atoms with Crippen molar-refractivity contribution in [2.24, 2.45) is 4.99 Å². The summed E-state index contributed by atoms with van der Waals surface area (Å²) in [5, 5.41) is 6.71. The van der Waals surface area contributed by atoms with Gasteiger partial charge in [0.05, 0.1) is 18.8 Å². The fourth-order valence-electron chi connectivity index (χ4n) is 3.49. The summed E-state index contributed by atoms with van der Waals surface area (Å²) in [5.74, 6) is 0.874. The lowest BCUT2D eigenvalue weighted by Crippen LogP contribution is -2.38. The van der Waals surface area contributed by atoms with Crippen LogP contribution in [-0.2, 0) is 14.2 Å². The molecule has 0 aromatic rings. The highest BCUT2D eigenvalue weighted by atomic mass is 127. The number of halogens is 1. The Morgan fingerprint density at radius 3 is 2.22 bits per heavy atom. The van der Waals surface area contributed by atoms with Crippen molar-refractivity contribution in [2.75, 3.05) is 46.6 Å². The molecule has 6 nitrogen and oxygen atoms in total. The van der Waals surface area contributed by atoms with Crippen molar-refractivity contribution in [1.29, 1.82) is 0 Å². The monoisotopic (exact) mass is 497 g/mol. The minimum absolute atomic E-state index is 0. The molecule has 1 aliphatic heterocycles. The van der Waals surface area contributed by atoms with Crippen LogP contribution in [0.15, 0.2) is 4.99 Å². The standard InChI is InChI=1S/C20H39N3O3.HI/c1-21-20(23-13-8-15-26-19-11-16-24-17-19)22-12-6-7-14-25-18-9-4-2-3-5-10-18;/h18-19H,2-17H2,1H3,(H2,21,22,23);1H. The molecule has 27 heavy (non-hydrogen) atoms. The molecule has 1 aliphatic carbocycles. The maximum absolute atomic E-state index is 6.03. The molecule has 0 aromatic carbocycles. The van der Waals surface area contributed by atoms with E-state index in [-0.39, 0.29) is 24.0 Å². The van der Waals surface area contributed by atoms with Crippen LogP contribution in [0.5, 0.6) is 0 Å². The van der Waals surface area contributed by atoms with Gasteiger partial charge < -0.3 is 24.8 Å². The Balaban J connectivity index is 0.00000364. The number of aliphatic imine (C=N–C) groups is 1. The van der Waals surface area contributed by atoms with E-state index in [4.69, 9.17) is 14.2 Å². The second-order valence-electron chi connectivity index (χ2n) is 7.33. The molecule has 1 heterocycles. The summed E-state index contributed by atoms with van der Waals surface area (Å²) in [4.78, 5) is 4.27. The van der Waals surface area contributed by atoms with Crippen LogP contribution in [0.4, 0.5) is 0 Å². The molecule has 2 aliphatic rings. The van der Waals surface area contributed by atoms with Crippen LogP contribution in [0, 0.1) is 0 Å². The van der Waals surface area contributed by atoms with Crippen LogP contribution in [0.2, 0.25) is 0 Å². The molecule has 0 radical (unpaired) electrons. The second kappa shape index (κ2) is 16.8. The molecule has 2 N–H and O–H groups in total. The smallest absolute Gasteiger partial charge is 0.190 e. The average Bonchev–Trinajstić information content (AvgIpc) is 3.04. The van der Waals surface area contributed by atoms with E-state index >= 15 is 0 Å². The summed E-state index contributed by atoms with van der Waals surface area (Å²) in [6.45, 7) is 5.06. The SMILES string of the molecule is CN=C(NCCCCOC1CCCCCC1)NCCCOC1CCOC1.I. The van der Waals surface area contributed by atoms with Crippen molar-refractivity contribution in [2.45, 2.75) is 76.4 Å². The minimum atomic E-state index is 0. The lowest BCUT2D eigenvalue weighted by molar-refractivity contribution is 0.0411. The van der Waals surface area contributed by atoms with Crippen LogP contribution >= 0.6 is 24.0 Å². The highest BCUT2D eigenvalue weighted by molar-refractivity contribution is 14.0. The predicted octanol–water partition coefficient (Wildman–Crippen LogP) is 3.48. The first kappa shape index (κ1) is 24.9. The average molecular weight is 497 g/mol. The first-order valence-corrected chi connectivity index (χ1v) is 10.6. The fourth-order valence-corrected chi connectivity index (χ4v) is 3.49. The van der Waals surface area contributed by atoms with Crippen LogP contribution in [0.3, 0.4) is 0 Å². The Bertz CT molecular complexity index is 371. The van der Waals surface area contributed by atoms with Gasteiger partial charge in [0, 0.05) is 40.0 Å². The van der Waals surface area contributed by atoms with Gasteiger partial charge in [0.25, 0.3) is 0 Å². The number of guanidine groups is 1. The molecular weight excluding hydrogens is 457 g/mol. The summed E-state index contributed by atoms with van der Waals surface area (Å²) in [7, 11) is 1.82. The molecule has 0 bridgehead atoms. The van der Waals surface area contributed by atoms with Crippen molar-refractivity contribution in [3.8, 4) is 0 Å². The number of hydrogen-bond donors (Lipinski definition) is 2. The van der Waals surface area contributed by atoms with Crippen LogP contribution in [0.25, 0.3) is 0 Å². The molecule has 160 valence electrons. The van der Waals surface area contributed by atoms with Crippen molar-refractivity contribution < 1.29 is 14.2 Å². The van der Waals surface area contributed by atoms with Gasteiger partial charge in [-0.15, -0.1) is 24.0 Å². The van der Waals surface area contributed by atoms with Crippen LogP contribution in [0.1, 0.15) is 64.2 Å². The third kappa shape index (κ3) is 12.1. The highest BCUT2D eigenvalue weighted by Gasteiger charge is 2.15. The maximum Gasteiger partial charge on any atom is 0.190 e. The van der Waals surface area contributed by atoms with Gasteiger partial charge >= 0.3 is 0 Å². The number of nitrogens with zero attached hydrogens (tertiary/aromatic N) is 1. The van der Waals surface area contributed by atoms with Crippen molar-refractivity contribution >= 4 is 29.9 Å². The van der Waals surface area contributed by atoms with E-state index < -0.39 is 0 Å². The Morgan fingerprint density at radius 2 is 1.56 bits per heavy atom. The first-order chi connectivity index (χ1) is 12.9. The van der Waals surface area contributed by atoms with Crippen LogP contribution < -0.4 is 10.6 Å². The first-order valence-electron chi connectivity index (χ1n) is 10.6. The van der Waals surface area contributed by atoms with Gasteiger partial charge in [-0.2, -0.15) is 0 Å². The van der Waals surface area contributed by atoms with Crippen molar-refractivity contribution in [3.05, 3.63) is 0 Å². The summed E-state index contributed by atoms with van der Waals surface area (Å²) < 4.78 is 17.1. The Morgan fingerprint density at radius 1 is 0.889 bits per heavy atom. The highest BCUT2D eigenvalue weighted by Crippen LogP contribution is 2.19. The van der Waals surface area contributed by atoms with E-state index in [1.54, 1.807) is 0 Å². The lowest BCUT2D eigenvalue weighted by atomic mass is 10.1. The number of nitrogens with one attached hydrogen (secondary N) is 2. The maximum atomic E-state index is 6.03. The molecule has 0 spiro atoms. The predicted molar refractivity (Wildman–Crippen MR) is 121 cm³/mol. The quantitative estimate of drug-likeness (QED) is 0.151. The third-order valence-electron chi connectivity index (χ3n) is 5.10.